The predicted molar refractivity (Wildman–Crippen MR) is 81.0 cm³/mol. The minimum absolute atomic E-state index is 0.805. The van der Waals surface area contributed by atoms with Crippen molar-refractivity contribution >= 4 is 23.1 Å². The van der Waals surface area contributed by atoms with Gasteiger partial charge in [-0.25, -0.2) is 0 Å². The Bertz CT molecular complexity index is 477. The van der Waals surface area contributed by atoms with E-state index in [0.29, 0.717) is 0 Å². The van der Waals surface area contributed by atoms with Gasteiger partial charge in [0.1, 0.15) is 0 Å². The van der Waals surface area contributed by atoms with Gasteiger partial charge in [-0.2, -0.15) is 0 Å². The van der Waals surface area contributed by atoms with Crippen LogP contribution in [0, 0.1) is 0 Å². The minimum atomic E-state index is 0.805. The normalized spacial score (nSPS) is 10.3. The van der Waals surface area contributed by atoms with E-state index in [0.717, 1.165) is 23.7 Å². The van der Waals surface area contributed by atoms with E-state index in [1.54, 1.807) is 0 Å². The molecule has 0 aliphatic heterocycles. The molecule has 2 nitrogen and oxygen atoms in total. The van der Waals surface area contributed by atoms with Crippen molar-refractivity contribution in [3.63, 3.8) is 0 Å². The van der Waals surface area contributed by atoms with Crippen molar-refractivity contribution in [2.75, 3.05) is 16.8 Å². The monoisotopic (exact) mass is 258 g/mol. The largest absolute Gasteiger partial charge is 0.399 e. The molecule has 0 aliphatic carbocycles. The van der Waals surface area contributed by atoms with Crippen molar-refractivity contribution in [3.05, 3.63) is 54.1 Å². The second-order valence-electron chi connectivity index (χ2n) is 4.05. The summed E-state index contributed by atoms with van der Waals surface area (Å²) in [6.07, 6.45) is 0. The molecule has 0 atom stereocenters. The average molecular weight is 258 g/mol. The number of nitrogens with two attached hydrogens (primary N) is 1. The van der Waals surface area contributed by atoms with Crippen LogP contribution in [-0.4, -0.2) is 5.75 Å². The molecule has 18 heavy (non-hydrogen) atoms. The van der Waals surface area contributed by atoms with Gasteiger partial charge >= 0.3 is 0 Å². The Morgan fingerprint density at radius 3 is 2.28 bits per heavy atom. The standard InChI is InChI=1S/C15H18N2S/c1-2-18-15-9-7-14(8-10-15)17-11-12-3-5-13(16)6-4-12/h3-10,17H,2,11,16H2,1H3. The molecule has 0 fully saturated rings. The summed E-state index contributed by atoms with van der Waals surface area (Å²) in [6.45, 7) is 2.98. The number of benzene rings is 2. The molecule has 0 radical (unpaired) electrons. The van der Waals surface area contributed by atoms with Crippen molar-refractivity contribution in [3.8, 4) is 0 Å². The Balaban J connectivity index is 1.91. The van der Waals surface area contributed by atoms with Gasteiger partial charge in [0, 0.05) is 22.8 Å². The fourth-order valence-electron chi connectivity index (χ4n) is 1.68. The zero-order chi connectivity index (χ0) is 12.8. The third-order valence-corrected chi connectivity index (χ3v) is 3.54. The highest BCUT2D eigenvalue weighted by Gasteiger charge is 1.95. The molecule has 0 spiro atoms. The number of hydrogen-bond donors (Lipinski definition) is 2. The lowest BCUT2D eigenvalue weighted by Crippen LogP contribution is -1.99. The lowest BCUT2D eigenvalue weighted by Gasteiger charge is -2.07. The number of anilines is 2. The smallest absolute Gasteiger partial charge is 0.0400 e. The van der Waals surface area contributed by atoms with E-state index in [4.69, 9.17) is 5.73 Å². The number of nitrogen functional groups attached to an aromatic ring is 1. The molecule has 0 saturated heterocycles. The van der Waals surface area contributed by atoms with Crippen LogP contribution in [-0.2, 0) is 6.54 Å². The zero-order valence-corrected chi connectivity index (χ0v) is 11.3. The lowest BCUT2D eigenvalue weighted by atomic mass is 10.2. The Morgan fingerprint density at radius 2 is 1.67 bits per heavy atom. The quantitative estimate of drug-likeness (QED) is 0.629. The van der Waals surface area contributed by atoms with Gasteiger partial charge in [-0.1, -0.05) is 19.1 Å². The number of nitrogens with one attached hydrogen (secondary N) is 1. The van der Waals surface area contributed by atoms with Gasteiger partial charge in [-0.05, 0) is 47.7 Å². The molecule has 0 aliphatic rings. The molecule has 0 amide bonds. The van der Waals surface area contributed by atoms with Gasteiger partial charge in [0.05, 0.1) is 0 Å². The first-order valence-corrected chi connectivity index (χ1v) is 7.07. The number of hydrogen-bond acceptors (Lipinski definition) is 3. The zero-order valence-electron chi connectivity index (χ0n) is 10.5. The van der Waals surface area contributed by atoms with Gasteiger partial charge in [-0.3, -0.25) is 0 Å². The van der Waals surface area contributed by atoms with E-state index in [1.807, 2.05) is 36.0 Å². The summed E-state index contributed by atoms with van der Waals surface area (Å²) in [7, 11) is 0. The Morgan fingerprint density at radius 1 is 1.00 bits per heavy atom. The Labute approximate surface area is 113 Å². The summed E-state index contributed by atoms with van der Waals surface area (Å²) in [5.41, 5.74) is 8.84. The van der Waals surface area contributed by atoms with Gasteiger partial charge in [0.15, 0.2) is 0 Å². The van der Waals surface area contributed by atoms with Crippen LogP contribution in [0.2, 0.25) is 0 Å². The first kappa shape index (κ1) is 12.8. The Hall–Kier alpha value is -1.61. The van der Waals surface area contributed by atoms with Crippen LogP contribution < -0.4 is 11.1 Å². The van der Waals surface area contributed by atoms with Crippen LogP contribution in [0.5, 0.6) is 0 Å². The second kappa shape index (κ2) is 6.36. The van der Waals surface area contributed by atoms with E-state index in [1.165, 1.54) is 10.5 Å². The van der Waals surface area contributed by atoms with Gasteiger partial charge in [-0.15, -0.1) is 11.8 Å². The van der Waals surface area contributed by atoms with Gasteiger partial charge in [0.25, 0.3) is 0 Å². The molecule has 0 unspecified atom stereocenters. The molecule has 0 bridgehead atoms. The first-order chi connectivity index (χ1) is 8.78. The number of thioether (sulfide) groups is 1. The van der Waals surface area contributed by atoms with E-state index in [9.17, 15) is 0 Å². The van der Waals surface area contributed by atoms with Crippen molar-refractivity contribution in [1.82, 2.24) is 0 Å². The maximum atomic E-state index is 5.66. The molecular weight excluding hydrogens is 240 g/mol. The second-order valence-corrected chi connectivity index (χ2v) is 5.39. The fourth-order valence-corrected chi connectivity index (χ4v) is 2.34. The van der Waals surface area contributed by atoms with Crippen LogP contribution in [0.4, 0.5) is 11.4 Å². The van der Waals surface area contributed by atoms with Crippen molar-refractivity contribution in [2.24, 2.45) is 0 Å². The fraction of sp³-hybridized carbons (Fsp3) is 0.200. The lowest BCUT2D eigenvalue weighted by molar-refractivity contribution is 1.15. The summed E-state index contributed by atoms with van der Waals surface area (Å²) in [6, 6.07) is 16.5. The van der Waals surface area contributed by atoms with Crippen LogP contribution in [0.15, 0.2) is 53.4 Å². The van der Waals surface area contributed by atoms with Crippen molar-refractivity contribution < 1.29 is 0 Å². The Kier molecular flexibility index (Phi) is 4.53. The van der Waals surface area contributed by atoms with Gasteiger partial charge < -0.3 is 11.1 Å². The maximum Gasteiger partial charge on any atom is 0.0400 e. The molecule has 2 aromatic carbocycles. The van der Waals surface area contributed by atoms with Crippen LogP contribution in [0.1, 0.15) is 12.5 Å². The van der Waals surface area contributed by atoms with Gasteiger partial charge in [0.2, 0.25) is 0 Å². The molecule has 0 aromatic heterocycles. The summed E-state index contributed by atoms with van der Waals surface area (Å²) in [5.74, 6) is 1.11. The van der Waals surface area contributed by atoms with Crippen molar-refractivity contribution in [2.45, 2.75) is 18.4 Å². The SMILES string of the molecule is CCSc1ccc(NCc2ccc(N)cc2)cc1. The summed E-state index contributed by atoms with van der Waals surface area (Å²) in [5, 5.41) is 3.40. The summed E-state index contributed by atoms with van der Waals surface area (Å²) in [4.78, 5) is 1.32. The average Bonchev–Trinajstić information content (AvgIpc) is 2.40. The first-order valence-electron chi connectivity index (χ1n) is 6.09. The van der Waals surface area contributed by atoms with E-state index < -0.39 is 0 Å². The third kappa shape index (κ3) is 3.70. The maximum absolute atomic E-state index is 5.66. The predicted octanol–water partition coefficient (Wildman–Crippen LogP) is 3.99. The minimum Gasteiger partial charge on any atom is -0.399 e. The highest BCUT2D eigenvalue weighted by atomic mass is 32.2. The van der Waals surface area contributed by atoms with E-state index >= 15 is 0 Å². The molecular formula is C15H18N2S. The topological polar surface area (TPSA) is 38.0 Å². The molecule has 2 rings (SSSR count). The summed E-state index contributed by atoms with van der Waals surface area (Å²) < 4.78 is 0. The molecule has 3 heteroatoms. The molecule has 0 heterocycles. The summed E-state index contributed by atoms with van der Waals surface area (Å²) >= 11 is 1.86. The molecule has 0 saturated carbocycles. The van der Waals surface area contributed by atoms with Crippen LogP contribution in [0.25, 0.3) is 0 Å². The molecule has 94 valence electrons. The highest BCUT2D eigenvalue weighted by Crippen LogP contribution is 2.20. The molecule has 2 aromatic rings. The van der Waals surface area contributed by atoms with E-state index in [-0.39, 0.29) is 0 Å². The van der Waals surface area contributed by atoms with Crippen molar-refractivity contribution in [1.29, 1.82) is 0 Å². The van der Waals surface area contributed by atoms with Crippen LogP contribution in [0.3, 0.4) is 0 Å². The van der Waals surface area contributed by atoms with E-state index in [2.05, 4.69) is 36.5 Å². The molecule has 3 N–H and O–H groups in total. The highest BCUT2D eigenvalue weighted by molar-refractivity contribution is 7.99. The number of rotatable bonds is 5. The third-order valence-electron chi connectivity index (χ3n) is 2.64. The van der Waals surface area contributed by atoms with Crippen LogP contribution >= 0.6 is 11.8 Å².